The largest absolute Gasteiger partial charge is 0.490 e. The molecule has 2 N–H and O–H groups in total. The molecular weight excluding hydrogens is 409 g/mol. The minimum absolute atomic E-state index is 0.0291. The van der Waals surface area contributed by atoms with E-state index in [0.29, 0.717) is 31.0 Å². The predicted molar refractivity (Wildman–Crippen MR) is 95.1 cm³/mol. The third-order valence-electron chi connectivity index (χ3n) is 4.10. The van der Waals surface area contributed by atoms with E-state index in [2.05, 4.69) is 15.3 Å². The Morgan fingerprint density at radius 1 is 1.40 bits per heavy atom. The van der Waals surface area contributed by atoms with Crippen molar-refractivity contribution in [2.45, 2.75) is 38.5 Å². The first-order valence-electron chi connectivity index (χ1n) is 8.75. The topological polar surface area (TPSA) is 126 Å². The summed E-state index contributed by atoms with van der Waals surface area (Å²) in [4.78, 5) is 42.8. The number of carbonyl (C=O) groups excluding carboxylic acids is 2. The van der Waals surface area contributed by atoms with Gasteiger partial charge in [0.05, 0.1) is 0 Å². The van der Waals surface area contributed by atoms with E-state index < -0.39 is 12.1 Å². The molecule has 2 aromatic heterocycles. The van der Waals surface area contributed by atoms with Crippen LogP contribution in [0.3, 0.4) is 0 Å². The minimum atomic E-state index is -5.08. The molecule has 0 saturated carbocycles. The molecule has 0 spiro atoms. The number of carboxylic acids is 1. The highest BCUT2D eigenvalue weighted by Crippen LogP contribution is 2.16. The van der Waals surface area contributed by atoms with Gasteiger partial charge in [0.15, 0.2) is 12.1 Å². The Balaban J connectivity index is 0.000000396. The first-order valence-corrected chi connectivity index (χ1v) is 8.75. The van der Waals surface area contributed by atoms with Crippen LogP contribution < -0.4 is 5.32 Å². The first kappa shape index (κ1) is 22.8. The van der Waals surface area contributed by atoms with E-state index in [1.54, 1.807) is 24.2 Å². The quantitative estimate of drug-likeness (QED) is 0.745. The van der Waals surface area contributed by atoms with Gasteiger partial charge >= 0.3 is 12.1 Å². The molecular formula is C18H19F3N4O5. The van der Waals surface area contributed by atoms with Crippen LogP contribution >= 0.6 is 0 Å². The van der Waals surface area contributed by atoms with Crippen LogP contribution in [0.2, 0.25) is 0 Å². The zero-order valence-corrected chi connectivity index (χ0v) is 15.8. The van der Waals surface area contributed by atoms with Gasteiger partial charge < -0.3 is 19.7 Å². The van der Waals surface area contributed by atoms with Crippen LogP contribution in [0.4, 0.5) is 13.2 Å². The number of hydrogen-bond acceptors (Lipinski definition) is 6. The molecule has 0 bridgehead atoms. The molecule has 9 nitrogen and oxygen atoms in total. The number of amides is 2. The number of oxazole rings is 1. The van der Waals surface area contributed by atoms with Crippen LogP contribution in [0, 0.1) is 6.92 Å². The number of carbonyl (C=O) groups is 3. The second kappa shape index (κ2) is 9.85. The number of nitrogens with zero attached hydrogens (tertiary/aromatic N) is 3. The van der Waals surface area contributed by atoms with E-state index in [0.717, 1.165) is 12.0 Å². The summed E-state index contributed by atoms with van der Waals surface area (Å²) >= 11 is 0. The lowest BCUT2D eigenvalue weighted by molar-refractivity contribution is -0.192. The number of carboxylic acid groups (broad SMARTS) is 1. The molecule has 162 valence electrons. The Hall–Kier alpha value is -3.44. The summed E-state index contributed by atoms with van der Waals surface area (Å²) in [5.74, 6) is -2.45. The number of aromatic nitrogens is 2. The van der Waals surface area contributed by atoms with Crippen molar-refractivity contribution >= 4 is 17.8 Å². The summed E-state index contributed by atoms with van der Waals surface area (Å²) in [6.07, 6.45) is 0.829. The van der Waals surface area contributed by atoms with Gasteiger partial charge in [-0.2, -0.15) is 13.2 Å². The average molecular weight is 428 g/mol. The van der Waals surface area contributed by atoms with Gasteiger partial charge in [-0.1, -0.05) is 6.07 Å². The fraction of sp³-hybridized carbons (Fsp3) is 0.389. The number of aliphatic carboxylic acids is 1. The van der Waals surface area contributed by atoms with Crippen LogP contribution in [0.25, 0.3) is 0 Å². The second-order valence-electron chi connectivity index (χ2n) is 6.41. The molecule has 2 amide bonds. The molecule has 0 unspecified atom stereocenters. The van der Waals surface area contributed by atoms with Crippen molar-refractivity contribution in [1.82, 2.24) is 20.2 Å². The Labute approximate surface area is 168 Å². The zero-order valence-electron chi connectivity index (χ0n) is 15.8. The van der Waals surface area contributed by atoms with E-state index in [4.69, 9.17) is 14.3 Å². The van der Waals surface area contributed by atoms with Gasteiger partial charge in [-0.3, -0.25) is 14.6 Å². The van der Waals surface area contributed by atoms with Crippen molar-refractivity contribution in [1.29, 1.82) is 0 Å². The normalized spacial score (nSPS) is 15.7. The SMILES string of the molecule is Cc1ocnc1C(=O)N(Cc1cccnc1)C[C@@H]1CCC(=O)N1.O=C(O)C(F)(F)F. The molecule has 1 saturated heterocycles. The van der Waals surface area contributed by atoms with E-state index >= 15 is 0 Å². The molecule has 30 heavy (non-hydrogen) atoms. The van der Waals surface area contributed by atoms with Crippen molar-refractivity contribution in [2.24, 2.45) is 0 Å². The Morgan fingerprint density at radius 3 is 2.57 bits per heavy atom. The minimum Gasteiger partial charge on any atom is -0.475 e. The summed E-state index contributed by atoms with van der Waals surface area (Å²) in [6, 6.07) is 3.71. The maximum absolute atomic E-state index is 12.8. The Bertz CT molecular complexity index is 885. The van der Waals surface area contributed by atoms with Crippen molar-refractivity contribution < 1.29 is 37.1 Å². The highest BCUT2D eigenvalue weighted by atomic mass is 19.4. The highest BCUT2D eigenvalue weighted by molar-refractivity contribution is 5.93. The lowest BCUT2D eigenvalue weighted by atomic mass is 10.1. The van der Waals surface area contributed by atoms with Gasteiger partial charge in [-0.15, -0.1) is 0 Å². The van der Waals surface area contributed by atoms with Crippen LogP contribution in [-0.4, -0.2) is 56.5 Å². The van der Waals surface area contributed by atoms with Gasteiger partial charge in [0, 0.05) is 37.9 Å². The Morgan fingerprint density at radius 2 is 2.10 bits per heavy atom. The lowest BCUT2D eigenvalue weighted by Crippen LogP contribution is -2.41. The van der Waals surface area contributed by atoms with Gasteiger partial charge in [0.1, 0.15) is 5.76 Å². The number of nitrogens with one attached hydrogen (secondary N) is 1. The maximum atomic E-state index is 12.8. The fourth-order valence-corrected chi connectivity index (χ4v) is 2.67. The Kier molecular flexibility index (Phi) is 7.50. The molecule has 0 aromatic carbocycles. The number of hydrogen-bond donors (Lipinski definition) is 2. The molecule has 12 heteroatoms. The summed E-state index contributed by atoms with van der Waals surface area (Å²) in [7, 11) is 0. The fourth-order valence-electron chi connectivity index (χ4n) is 2.67. The second-order valence-corrected chi connectivity index (χ2v) is 6.41. The van der Waals surface area contributed by atoms with E-state index in [1.807, 2.05) is 12.1 Å². The van der Waals surface area contributed by atoms with Crippen molar-refractivity contribution in [3.63, 3.8) is 0 Å². The third kappa shape index (κ3) is 6.57. The van der Waals surface area contributed by atoms with Crippen molar-refractivity contribution in [2.75, 3.05) is 6.54 Å². The number of aryl methyl sites for hydroxylation is 1. The van der Waals surface area contributed by atoms with Crippen molar-refractivity contribution in [3.8, 4) is 0 Å². The number of alkyl halides is 3. The van der Waals surface area contributed by atoms with Gasteiger partial charge in [0.2, 0.25) is 5.91 Å². The molecule has 3 heterocycles. The number of pyridine rings is 1. The smallest absolute Gasteiger partial charge is 0.475 e. The van der Waals surface area contributed by atoms with Crippen LogP contribution in [0.1, 0.15) is 34.7 Å². The summed E-state index contributed by atoms with van der Waals surface area (Å²) in [6.45, 7) is 2.55. The molecule has 2 aromatic rings. The highest BCUT2D eigenvalue weighted by Gasteiger charge is 2.38. The molecule has 0 radical (unpaired) electrons. The maximum Gasteiger partial charge on any atom is 0.490 e. The van der Waals surface area contributed by atoms with Crippen LogP contribution in [0.5, 0.6) is 0 Å². The number of rotatable bonds is 5. The van der Waals surface area contributed by atoms with Gasteiger partial charge in [-0.05, 0) is 25.0 Å². The standard InChI is InChI=1S/C16H18N4O3.C2HF3O2/c1-11-15(18-10-23-11)16(22)20(8-12-3-2-6-17-7-12)9-13-4-5-14(21)19-13;3-2(4,5)1(6)7/h2-3,6-7,10,13H,4-5,8-9H2,1H3,(H,19,21);(H,6,7)/t13-;/m0./s1. The third-order valence-corrected chi connectivity index (χ3v) is 4.10. The monoisotopic (exact) mass is 428 g/mol. The summed E-state index contributed by atoms with van der Waals surface area (Å²) in [5.41, 5.74) is 1.23. The van der Waals surface area contributed by atoms with Crippen molar-refractivity contribution in [3.05, 3.63) is 47.9 Å². The van der Waals surface area contributed by atoms with E-state index in [-0.39, 0.29) is 17.9 Å². The predicted octanol–water partition coefficient (Wildman–Crippen LogP) is 1.93. The number of halogens is 3. The van der Waals surface area contributed by atoms with Crippen LogP contribution in [0.15, 0.2) is 35.3 Å². The van der Waals surface area contributed by atoms with Crippen LogP contribution in [-0.2, 0) is 16.1 Å². The molecule has 1 fully saturated rings. The lowest BCUT2D eigenvalue weighted by Gasteiger charge is -2.25. The molecule has 1 atom stereocenters. The summed E-state index contributed by atoms with van der Waals surface area (Å²) < 4.78 is 36.9. The van der Waals surface area contributed by atoms with Gasteiger partial charge in [0.25, 0.3) is 5.91 Å². The summed E-state index contributed by atoms with van der Waals surface area (Å²) in [5, 5.41) is 10.0. The van der Waals surface area contributed by atoms with E-state index in [9.17, 15) is 22.8 Å². The average Bonchev–Trinajstić information content (AvgIpc) is 3.29. The van der Waals surface area contributed by atoms with Gasteiger partial charge in [-0.25, -0.2) is 9.78 Å². The zero-order chi connectivity index (χ0) is 22.3. The van der Waals surface area contributed by atoms with E-state index in [1.165, 1.54) is 6.39 Å². The molecule has 1 aliphatic rings. The molecule has 3 rings (SSSR count). The molecule has 0 aliphatic carbocycles. The molecule has 1 aliphatic heterocycles. The first-order chi connectivity index (χ1) is 14.1.